The third-order valence-corrected chi connectivity index (χ3v) is 6.75. The molecule has 1 aliphatic heterocycles. The average Bonchev–Trinajstić information content (AvgIpc) is 2.80. The summed E-state index contributed by atoms with van der Waals surface area (Å²) in [7, 11) is -2.47. The number of nitrogens with zero attached hydrogens (tertiary/aromatic N) is 1. The molecular weight excluding hydrogens is 414 g/mol. The van der Waals surface area contributed by atoms with E-state index in [0.29, 0.717) is 29.5 Å². The van der Waals surface area contributed by atoms with Gasteiger partial charge in [0.25, 0.3) is 0 Å². The number of methoxy groups -OCH3 is 1. The summed E-state index contributed by atoms with van der Waals surface area (Å²) in [6.45, 7) is 2.45. The molecule has 6 nitrogen and oxygen atoms in total. The molecule has 4 rings (SSSR count). The molecule has 3 aromatic carbocycles. The second-order valence-electron chi connectivity index (χ2n) is 6.82. The number of para-hydroxylation sites is 1. The molecule has 0 aromatic heterocycles. The van der Waals surface area contributed by atoms with Gasteiger partial charge < -0.3 is 14.4 Å². The first kappa shape index (κ1) is 20.7. The van der Waals surface area contributed by atoms with Crippen LogP contribution in [0.25, 0.3) is 0 Å². The van der Waals surface area contributed by atoms with Crippen LogP contribution in [0.2, 0.25) is 0 Å². The predicted molar refractivity (Wildman–Crippen MR) is 119 cm³/mol. The average molecular weight is 436 g/mol. The zero-order valence-electron chi connectivity index (χ0n) is 17.1. The smallest absolute Gasteiger partial charge is 0.214 e. The van der Waals surface area contributed by atoms with Crippen LogP contribution in [-0.2, 0) is 9.84 Å². The summed E-state index contributed by atoms with van der Waals surface area (Å²) >= 11 is 0. The first-order valence-electron chi connectivity index (χ1n) is 9.72. The molecule has 0 bridgehead atoms. The van der Waals surface area contributed by atoms with Crippen LogP contribution in [0.3, 0.4) is 0 Å². The van der Waals surface area contributed by atoms with Crippen molar-refractivity contribution >= 4 is 27.0 Å². The van der Waals surface area contributed by atoms with E-state index in [-0.39, 0.29) is 15.4 Å². The Kier molecular flexibility index (Phi) is 5.52. The van der Waals surface area contributed by atoms with Crippen LogP contribution in [0, 0.1) is 0 Å². The summed E-state index contributed by atoms with van der Waals surface area (Å²) in [6, 6.07) is 20.3. The summed E-state index contributed by atoms with van der Waals surface area (Å²) in [4.78, 5) is 14.7. The molecule has 1 aliphatic rings. The maximum Gasteiger partial charge on any atom is 0.214 e. The number of Topliss-reactive ketones (excluding diaryl/α,β-unsaturated/α-hetero) is 1. The van der Waals surface area contributed by atoms with Gasteiger partial charge in [-0.05, 0) is 67.6 Å². The Morgan fingerprint density at radius 1 is 0.903 bits per heavy atom. The first-order chi connectivity index (χ1) is 15.0. The Morgan fingerprint density at radius 2 is 1.55 bits per heavy atom. The number of sulfone groups is 1. The number of hydrogen-bond donors (Lipinski definition) is 0. The van der Waals surface area contributed by atoms with E-state index in [1.54, 1.807) is 47.4 Å². The number of ether oxygens (including phenoxy) is 2. The fourth-order valence-corrected chi connectivity index (χ4v) is 4.95. The predicted octanol–water partition coefficient (Wildman–Crippen LogP) is 4.74. The number of anilines is 2. The van der Waals surface area contributed by atoms with Crippen molar-refractivity contribution < 1.29 is 22.7 Å². The summed E-state index contributed by atoms with van der Waals surface area (Å²) < 4.78 is 37.2. The molecule has 0 N–H and O–H groups in total. The topological polar surface area (TPSA) is 72.9 Å². The minimum Gasteiger partial charge on any atom is -0.497 e. The van der Waals surface area contributed by atoms with E-state index in [1.165, 1.54) is 19.4 Å². The van der Waals surface area contributed by atoms with Crippen LogP contribution in [0.5, 0.6) is 11.5 Å². The number of rotatable bonds is 6. The second-order valence-corrected chi connectivity index (χ2v) is 8.71. The lowest BCUT2D eigenvalue weighted by atomic mass is 10.1. The van der Waals surface area contributed by atoms with E-state index < -0.39 is 15.6 Å². The van der Waals surface area contributed by atoms with Gasteiger partial charge in [-0.3, -0.25) is 4.79 Å². The number of allylic oxidation sites excluding steroid dienone is 1. The Bertz CT molecular complexity index is 1250. The quantitative estimate of drug-likeness (QED) is 0.521. The number of hydrogen-bond acceptors (Lipinski definition) is 6. The highest BCUT2D eigenvalue weighted by atomic mass is 32.2. The van der Waals surface area contributed by atoms with Crippen molar-refractivity contribution in [1.82, 2.24) is 0 Å². The minimum atomic E-state index is -3.99. The van der Waals surface area contributed by atoms with Crippen LogP contribution in [0.1, 0.15) is 17.3 Å². The van der Waals surface area contributed by atoms with E-state index in [1.807, 2.05) is 31.2 Å². The first-order valence-corrected chi connectivity index (χ1v) is 11.2. The number of ketones is 1. The van der Waals surface area contributed by atoms with Gasteiger partial charge >= 0.3 is 0 Å². The lowest BCUT2D eigenvalue weighted by Gasteiger charge is -2.29. The van der Waals surface area contributed by atoms with E-state index >= 15 is 0 Å². The van der Waals surface area contributed by atoms with Crippen molar-refractivity contribution in [1.29, 1.82) is 0 Å². The molecular formula is C24H21NO5S. The van der Waals surface area contributed by atoms with Crippen molar-refractivity contribution in [2.45, 2.75) is 11.8 Å². The summed E-state index contributed by atoms with van der Waals surface area (Å²) in [5.41, 5.74) is 1.46. The van der Waals surface area contributed by atoms with Gasteiger partial charge in [0.1, 0.15) is 16.4 Å². The highest BCUT2D eigenvalue weighted by Crippen LogP contribution is 2.40. The van der Waals surface area contributed by atoms with Crippen LogP contribution >= 0.6 is 0 Å². The van der Waals surface area contributed by atoms with E-state index in [0.717, 1.165) is 0 Å². The van der Waals surface area contributed by atoms with Crippen molar-refractivity contribution in [2.24, 2.45) is 0 Å². The Balaban J connectivity index is 1.82. The molecule has 3 aromatic rings. The lowest BCUT2D eigenvalue weighted by Crippen LogP contribution is -2.25. The summed E-state index contributed by atoms with van der Waals surface area (Å²) in [6.07, 6.45) is 1.39. The second kappa shape index (κ2) is 8.28. The van der Waals surface area contributed by atoms with E-state index in [9.17, 15) is 13.2 Å². The maximum atomic E-state index is 13.3. The van der Waals surface area contributed by atoms with Gasteiger partial charge in [-0.25, -0.2) is 8.42 Å². The van der Waals surface area contributed by atoms with Crippen LogP contribution < -0.4 is 14.4 Å². The van der Waals surface area contributed by atoms with E-state index in [4.69, 9.17) is 9.47 Å². The molecule has 31 heavy (non-hydrogen) atoms. The van der Waals surface area contributed by atoms with Crippen molar-refractivity contribution in [3.8, 4) is 11.5 Å². The molecule has 0 spiro atoms. The standard InChI is InChI=1S/C24H21NO5S/c1-3-30-20-14-10-18(11-15-20)25-16-23(24(26)17-8-12-19(29-2)13-9-17)31(27,28)22-7-5-4-6-21(22)25/h4-16H,3H2,1-2H3. The van der Waals surface area contributed by atoms with Crippen molar-refractivity contribution in [3.05, 3.63) is 89.5 Å². The fourth-order valence-electron chi connectivity index (χ4n) is 3.41. The maximum absolute atomic E-state index is 13.3. The molecule has 158 valence electrons. The normalized spacial score (nSPS) is 14.4. The van der Waals surface area contributed by atoms with E-state index in [2.05, 4.69) is 0 Å². The molecule has 0 saturated heterocycles. The Labute approximate surface area is 181 Å². The van der Waals surface area contributed by atoms with Gasteiger partial charge in [0, 0.05) is 17.5 Å². The van der Waals surface area contributed by atoms with Gasteiger partial charge in [0.15, 0.2) is 0 Å². The summed E-state index contributed by atoms with van der Waals surface area (Å²) in [5, 5.41) is 0. The third kappa shape index (κ3) is 3.80. The number of benzene rings is 3. The minimum absolute atomic E-state index is 0.0863. The van der Waals surface area contributed by atoms with Gasteiger partial charge in [-0.2, -0.15) is 0 Å². The number of fused-ring (bicyclic) bond motifs is 1. The number of carbonyl (C=O) groups is 1. The molecule has 0 fully saturated rings. The SMILES string of the molecule is CCOc1ccc(N2C=C(C(=O)c3ccc(OC)cc3)S(=O)(=O)c3ccccc32)cc1. The van der Waals surface area contributed by atoms with Crippen molar-refractivity contribution in [3.63, 3.8) is 0 Å². The lowest BCUT2D eigenvalue weighted by molar-refractivity contribution is 0.104. The Morgan fingerprint density at radius 3 is 2.19 bits per heavy atom. The number of carbonyl (C=O) groups excluding carboxylic acids is 1. The van der Waals surface area contributed by atoms with Gasteiger partial charge in [-0.15, -0.1) is 0 Å². The van der Waals surface area contributed by atoms with Crippen LogP contribution in [-0.4, -0.2) is 27.9 Å². The largest absolute Gasteiger partial charge is 0.497 e. The van der Waals surface area contributed by atoms with Crippen LogP contribution in [0.4, 0.5) is 11.4 Å². The molecule has 1 heterocycles. The molecule has 7 heteroatoms. The molecule has 0 saturated carbocycles. The molecule has 0 radical (unpaired) electrons. The summed E-state index contributed by atoms with van der Waals surface area (Å²) in [5.74, 6) is 0.717. The van der Waals surface area contributed by atoms with Gasteiger partial charge in [0.2, 0.25) is 15.6 Å². The van der Waals surface area contributed by atoms with Crippen LogP contribution in [0.15, 0.2) is 88.8 Å². The highest BCUT2D eigenvalue weighted by Gasteiger charge is 2.36. The van der Waals surface area contributed by atoms with Gasteiger partial charge in [-0.1, -0.05) is 12.1 Å². The zero-order chi connectivity index (χ0) is 22.0. The Hall–Kier alpha value is -3.58. The molecule has 0 aliphatic carbocycles. The monoisotopic (exact) mass is 435 g/mol. The van der Waals surface area contributed by atoms with Crippen molar-refractivity contribution in [2.75, 3.05) is 18.6 Å². The zero-order valence-corrected chi connectivity index (χ0v) is 17.9. The third-order valence-electron chi connectivity index (χ3n) is 4.95. The molecule has 0 atom stereocenters. The molecule has 0 unspecified atom stereocenters. The molecule has 0 amide bonds. The highest BCUT2D eigenvalue weighted by molar-refractivity contribution is 7.96. The fraction of sp³-hybridized carbons (Fsp3) is 0.125. The van der Waals surface area contributed by atoms with Gasteiger partial charge in [0.05, 0.1) is 24.3 Å².